The second kappa shape index (κ2) is 22.9. The van der Waals surface area contributed by atoms with Crippen LogP contribution in [0.15, 0.2) is 0 Å². The molecule has 0 bridgehead atoms. The number of likely N-dealkylation sites (N-methyl/N-ethyl adjacent to an activating group) is 1. The zero-order valence-electron chi connectivity index (χ0n) is 33.0. The molecule has 28 heteroatoms. The first-order valence-corrected chi connectivity index (χ1v) is 22.1. The molecule has 3 aliphatic rings. The molecule has 2 heterocycles. The Hall–Kier alpha value is -3.04. The van der Waals surface area contributed by atoms with E-state index in [1.807, 2.05) is 0 Å². The largest absolute Gasteiger partial charge is 0.480 e. The predicted octanol–water partition coefficient (Wildman–Crippen LogP) is -3.39. The van der Waals surface area contributed by atoms with Crippen LogP contribution in [0, 0.1) is 5.92 Å². The van der Waals surface area contributed by atoms with Gasteiger partial charge in [-0.1, -0.05) is 0 Å². The van der Waals surface area contributed by atoms with E-state index in [1.54, 1.807) is 26.5 Å². The number of carbonyl (C=O) groups excluding carboxylic acids is 3. The molecule has 0 aromatic rings. The molecule has 6 unspecified atom stereocenters. The summed E-state index contributed by atoms with van der Waals surface area (Å²) in [7, 11) is -9.37. The number of carbonyl (C=O) groups is 6. The zero-order chi connectivity index (χ0) is 45.0. The smallest absolute Gasteiger partial charge is 0.317 e. The highest BCUT2D eigenvalue weighted by Crippen LogP contribution is 2.68. The number of amides is 3. The molecule has 0 radical (unpaired) electrons. The summed E-state index contributed by atoms with van der Waals surface area (Å²) < 4.78 is 69.9. The predicted molar refractivity (Wildman–Crippen MR) is 210 cm³/mol. The average Bonchev–Trinajstić information content (AvgIpc) is 3.11. The molecule has 14 N–H and O–H groups in total. The van der Waals surface area contributed by atoms with E-state index in [0.29, 0.717) is 0 Å². The van der Waals surface area contributed by atoms with Gasteiger partial charge in [0.15, 0.2) is 11.2 Å². The van der Waals surface area contributed by atoms with Crippen molar-refractivity contribution in [1.82, 2.24) is 35.6 Å². The molecule has 26 nitrogen and oxygen atoms in total. The number of aliphatic hydroxyl groups excluding tert-OH is 1. The lowest BCUT2D eigenvalue weighted by atomic mass is 9.72. The van der Waals surface area contributed by atoms with E-state index in [4.69, 9.17) is 9.47 Å². The Morgan fingerprint density at radius 2 is 1.22 bits per heavy atom. The number of nitrogens with zero attached hydrogens (tertiary/aromatic N) is 4. The number of hydrogen-bond acceptors (Lipinski definition) is 20. The van der Waals surface area contributed by atoms with E-state index < -0.39 is 104 Å². The fraction of sp³-hybridized carbons (Fsp3) is 0.812. The summed E-state index contributed by atoms with van der Waals surface area (Å²) in [6, 6.07) is -1.17. The maximum Gasteiger partial charge on any atom is 0.317 e. The van der Waals surface area contributed by atoms with E-state index in [0.717, 1.165) is 0 Å². The minimum Gasteiger partial charge on any atom is -0.480 e. The number of carboxylic acids is 3. The summed E-state index contributed by atoms with van der Waals surface area (Å²) in [5.41, 5.74) is 0. The van der Waals surface area contributed by atoms with Crippen LogP contribution in [0.25, 0.3) is 0 Å². The fourth-order valence-corrected chi connectivity index (χ4v) is 9.68. The van der Waals surface area contributed by atoms with E-state index >= 15 is 0 Å². The number of fused-ring (bicyclic) bond motifs is 1. The molecule has 0 spiro atoms. The lowest BCUT2D eigenvalue weighted by Gasteiger charge is -2.62. The molecule has 348 valence electrons. The molecule has 60 heavy (non-hydrogen) atoms. The van der Waals surface area contributed by atoms with E-state index in [-0.39, 0.29) is 111 Å². The Labute approximate surface area is 348 Å². The van der Waals surface area contributed by atoms with Crippen LogP contribution in [0.2, 0.25) is 0 Å². The minimum absolute atomic E-state index is 0.154. The molecular formula is C32H59N7O19S2. The van der Waals surface area contributed by atoms with Gasteiger partial charge in [-0.3, -0.25) is 48.4 Å². The Balaban J connectivity index is 1.57. The lowest BCUT2D eigenvalue weighted by molar-refractivity contribution is -0.302. The van der Waals surface area contributed by atoms with Gasteiger partial charge in [-0.15, -0.1) is 0 Å². The van der Waals surface area contributed by atoms with Gasteiger partial charge in [0.2, 0.25) is 17.7 Å². The first-order valence-electron chi connectivity index (χ1n) is 19.0. The van der Waals surface area contributed by atoms with Gasteiger partial charge in [0, 0.05) is 84.2 Å². The number of aliphatic carboxylic acids is 3. The van der Waals surface area contributed by atoms with Crippen molar-refractivity contribution in [3.8, 4) is 0 Å². The minimum atomic E-state index is -4.70. The van der Waals surface area contributed by atoms with Gasteiger partial charge >= 0.3 is 17.9 Å². The Morgan fingerprint density at radius 1 is 0.750 bits per heavy atom. The molecule has 3 fully saturated rings. The van der Waals surface area contributed by atoms with Crippen molar-refractivity contribution in [2.45, 2.75) is 60.9 Å². The van der Waals surface area contributed by atoms with Crippen LogP contribution < -0.4 is 16.0 Å². The number of hydrogen-bond donors (Lipinski definition) is 14. The van der Waals surface area contributed by atoms with Crippen LogP contribution in [0.4, 0.5) is 0 Å². The van der Waals surface area contributed by atoms with Crippen molar-refractivity contribution in [2.24, 2.45) is 5.92 Å². The summed E-state index contributed by atoms with van der Waals surface area (Å²) in [5.74, 6) is -6.81. The van der Waals surface area contributed by atoms with Gasteiger partial charge in [-0.25, -0.2) is 0 Å². The van der Waals surface area contributed by atoms with Gasteiger partial charge in [-0.05, 0) is 13.3 Å². The normalized spacial score (nSPS) is 27.8. The van der Waals surface area contributed by atoms with Crippen molar-refractivity contribution >= 4 is 57.4 Å². The Bertz CT molecular complexity index is 1460. The molecule has 3 rings (SSSR count). The molecule has 0 aromatic heterocycles. The summed E-state index contributed by atoms with van der Waals surface area (Å²) in [6.07, 6.45) is -5.93. The van der Waals surface area contributed by atoms with Gasteiger partial charge in [0.1, 0.15) is 23.0 Å². The summed E-state index contributed by atoms with van der Waals surface area (Å²) in [5, 5.41) is 55.3. The lowest BCUT2D eigenvalue weighted by Crippen LogP contribution is -2.72. The third kappa shape index (κ3) is 15.4. The maximum atomic E-state index is 13.4. The van der Waals surface area contributed by atoms with Gasteiger partial charge in [0.25, 0.3) is 0 Å². The van der Waals surface area contributed by atoms with Crippen molar-refractivity contribution in [2.75, 3.05) is 98.2 Å². The monoisotopic (exact) mass is 909 g/mol. The molecule has 7 atom stereocenters. The van der Waals surface area contributed by atoms with Crippen LogP contribution in [0.1, 0.15) is 26.2 Å². The Kier molecular flexibility index (Phi) is 19.6. The summed E-state index contributed by atoms with van der Waals surface area (Å²) >= 11 is 0. The van der Waals surface area contributed by atoms with Crippen LogP contribution in [0.5, 0.6) is 0 Å². The van der Waals surface area contributed by atoms with E-state index in [1.165, 1.54) is 0 Å². The number of ether oxygens (including phenoxy) is 2. The summed E-state index contributed by atoms with van der Waals surface area (Å²) in [4.78, 5) is 77.4. The standard InChI is InChI=1S/C32H59N7O19S2/c1-2-33-30(49)20(3-4-22(40)34-5-14-57-31-28(48)29(59(51,52)53)27-21(58-31)15-32(27,50)60(54,55)56)35-23(41)16-36-6-8-37(17-24(42)43)10-12-39(19-26(46)47)13-11-38(9-7-36)18-25(44)45/h20-21,27-29,31,48,50-56H,2-19H2,1H3,(H,33,49)(H,34,40)(H,35,41)(H,42,43)(H,44,45)(H,46,47)/t20-,21?,27?,28?,29?,31?,32?/m1/s1. The molecule has 2 aliphatic heterocycles. The van der Waals surface area contributed by atoms with Gasteiger partial charge in [0.05, 0.1) is 55.0 Å². The highest BCUT2D eigenvalue weighted by molar-refractivity contribution is 8.21. The second-order valence-corrected chi connectivity index (χ2v) is 18.1. The molecular weight excluding hydrogens is 851 g/mol. The quantitative estimate of drug-likeness (QED) is 0.0530. The SMILES string of the molecule is CCNC(=O)[C@@H](CCC(=O)NCCOC1OC2CC(O)(S(O)(O)O)C2C(S(O)(O)O)C1O)NC(=O)CN1CCN(CC(=O)O)CCN(CC(=O)O)CCN(CC(=O)O)CC1. The van der Waals surface area contributed by atoms with E-state index in [9.17, 15) is 81.6 Å². The van der Waals surface area contributed by atoms with Crippen molar-refractivity contribution in [1.29, 1.82) is 0 Å². The molecule has 1 saturated carbocycles. The fourth-order valence-electron chi connectivity index (χ4n) is 7.24. The number of rotatable bonds is 20. The summed E-state index contributed by atoms with van der Waals surface area (Å²) in [6.45, 7) is 1.33. The second-order valence-electron chi connectivity index (χ2n) is 14.7. The first kappa shape index (κ1) is 51.3. The van der Waals surface area contributed by atoms with Crippen LogP contribution in [-0.2, 0) is 38.2 Å². The van der Waals surface area contributed by atoms with Crippen molar-refractivity contribution in [3.05, 3.63) is 0 Å². The molecule has 3 amide bonds. The van der Waals surface area contributed by atoms with Gasteiger partial charge in [-0.2, -0.15) is 0 Å². The molecule has 0 aromatic carbocycles. The number of aliphatic hydroxyl groups is 2. The van der Waals surface area contributed by atoms with Gasteiger partial charge < -0.3 is 78.3 Å². The maximum absolute atomic E-state index is 13.4. The van der Waals surface area contributed by atoms with Crippen LogP contribution in [-0.4, -0.2) is 241 Å². The average molecular weight is 910 g/mol. The van der Waals surface area contributed by atoms with E-state index in [2.05, 4.69) is 16.0 Å². The first-order chi connectivity index (χ1) is 27.9. The van der Waals surface area contributed by atoms with Crippen LogP contribution in [0.3, 0.4) is 0 Å². The third-order valence-electron chi connectivity index (χ3n) is 10.3. The zero-order valence-corrected chi connectivity index (χ0v) is 34.6. The Morgan fingerprint density at radius 3 is 1.63 bits per heavy atom. The van der Waals surface area contributed by atoms with Crippen molar-refractivity contribution in [3.63, 3.8) is 0 Å². The number of nitrogens with one attached hydrogen (secondary N) is 3. The molecule has 1 aliphatic carbocycles. The van der Waals surface area contributed by atoms with Crippen LogP contribution >= 0.6 is 21.7 Å². The topological polar surface area (TPSA) is 392 Å². The van der Waals surface area contributed by atoms with Crippen molar-refractivity contribution < 1.29 is 91.1 Å². The third-order valence-corrected chi connectivity index (χ3v) is 13.0. The highest BCUT2D eigenvalue weighted by Gasteiger charge is 2.71. The number of carboxylic acid groups (broad SMARTS) is 3. The molecule has 2 saturated heterocycles. The highest BCUT2D eigenvalue weighted by atomic mass is 32.3.